The second-order valence-electron chi connectivity index (χ2n) is 4.87. The molecule has 1 fully saturated rings. The molecule has 0 radical (unpaired) electrons. The molecular formula is C13H20N2O6. The molecule has 0 bridgehead atoms. The van der Waals surface area contributed by atoms with E-state index >= 15 is 0 Å². The molecule has 8 heteroatoms. The zero-order chi connectivity index (χ0) is 16.0. The summed E-state index contributed by atoms with van der Waals surface area (Å²) in [6, 6.07) is -0.915. The van der Waals surface area contributed by atoms with Crippen LogP contribution in [0.5, 0.6) is 0 Å². The van der Waals surface area contributed by atoms with Crippen molar-refractivity contribution >= 4 is 18.0 Å². The lowest BCUT2D eigenvalue weighted by Crippen LogP contribution is -2.57. The van der Waals surface area contributed by atoms with Crippen LogP contribution in [0.2, 0.25) is 0 Å². The number of hydrogen-bond donors (Lipinski definition) is 3. The van der Waals surface area contributed by atoms with Gasteiger partial charge in [-0.05, 0) is 6.42 Å². The number of carbonyl (C=O) groups excluding carboxylic acids is 2. The molecular weight excluding hydrogens is 280 g/mol. The number of ether oxygens (including phenoxy) is 1. The van der Waals surface area contributed by atoms with Crippen LogP contribution in [-0.4, -0.2) is 64.9 Å². The fraction of sp³-hybridized carbons (Fsp3) is 0.615. The van der Waals surface area contributed by atoms with Gasteiger partial charge in [-0.15, -0.1) is 6.58 Å². The molecule has 2 amide bonds. The Kier molecular flexibility index (Phi) is 5.71. The molecule has 0 aliphatic carbocycles. The Morgan fingerprint density at radius 2 is 2.00 bits per heavy atom. The van der Waals surface area contributed by atoms with Crippen molar-refractivity contribution in [3.63, 3.8) is 0 Å². The summed E-state index contributed by atoms with van der Waals surface area (Å²) in [4.78, 5) is 35.6. The van der Waals surface area contributed by atoms with Crippen LogP contribution in [0.1, 0.15) is 19.3 Å². The van der Waals surface area contributed by atoms with Gasteiger partial charge in [-0.25, -0.2) is 9.59 Å². The van der Waals surface area contributed by atoms with Gasteiger partial charge >= 0.3 is 12.1 Å². The molecule has 118 valence electrons. The molecule has 1 aliphatic heterocycles. The molecule has 1 saturated heterocycles. The number of carbonyl (C=O) groups is 3. The molecule has 0 aromatic carbocycles. The predicted molar refractivity (Wildman–Crippen MR) is 72.5 cm³/mol. The average molecular weight is 300 g/mol. The Labute approximate surface area is 122 Å². The average Bonchev–Trinajstić information content (AvgIpc) is 2.46. The van der Waals surface area contributed by atoms with Crippen molar-refractivity contribution in [2.24, 2.45) is 0 Å². The summed E-state index contributed by atoms with van der Waals surface area (Å²) in [5, 5.41) is 21.6. The van der Waals surface area contributed by atoms with Gasteiger partial charge in [-0.2, -0.15) is 0 Å². The molecule has 0 aromatic heterocycles. The zero-order valence-corrected chi connectivity index (χ0v) is 11.9. The first-order valence-corrected chi connectivity index (χ1v) is 6.54. The lowest BCUT2D eigenvalue weighted by Gasteiger charge is -2.36. The van der Waals surface area contributed by atoms with E-state index in [4.69, 9.17) is 5.11 Å². The third-order valence-electron chi connectivity index (χ3n) is 3.48. The van der Waals surface area contributed by atoms with Crippen LogP contribution in [0, 0.1) is 0 Å². The largest absolute Gasteiger partial charge is 0.467 e. The normalized spacial score (nSPS) is 18.5. The molecule has 0 aromatic rings. The fourth-order valence-corrected chi connectivity index (χ4v) is 2.11. The van der Waals surface area contributed by atoms with Crippen LogP contribution >= 0.6 is 0 Å². The van der Waals surface area contributed by atoms with Crippen molar-refractivity contribution in [3.05, 3.63) is 12.7 Å². The van der Waals surface area contributed by atoms with Gasteiger partial charge in [0.05, 0.1) is 7.11 Å². The standard InChI is InChI=1S/C13H20N2O6/c1-3-4-9(10(16)21-2)14-11(17)13(20)5-7-15(8-6-13)12(18)19/h3,9,20H,1,4-8H2,2H3,(H,14,17)(H,18,19). The third-order valence-corrected chi connectivity index (χ3v) is 3.48. The van der Waals surface area contributed by atoms with E-state index in [1.54, 1.807) is 0 Å². The summed E-state index contributed by atoms with van der Waals surface area (Å²) < 4.78 is 4.57. The monoisotopic (exact) mass is 300 g/mol. The third kappa shape index (κ3) is 4.19. The van der Waals surface area contributed by atoms with Crippen LogP contribution in [0.15, 0.2) is 12.7 Å². The van der Waals surface area contributed by atoms with Gasteiger partial charge in [0, 0.05) is 25.9 Å². The first kappa shape index (κ1) is 17.0. The Morgan fingerprint density at radius 1 is 1.43 bits per heavy atom. The maximum absolute atomic E-state index is 12.1. The highest BCUT2D eigenvalue weighted by Crippen LogP contribution is 2.23. The van der Waals surface area contributed by atoms with Gasteiger partial charge in [-0.1, -0.05) is 6.08 Å². The number of aliphatic hydroxyl groups is 1. The number of esters is 1. The van der Waals surface area contributed by atoms with Crippen molar-refractivity contribution in [3.8, 4) is 0 Å². The van der Waals surface area contributed by atoms with Gasteiger partial charge in [-0.3, -0.25) is 4.79 Å². The molecule has 1 atom stereocenters. The number of methoxy groups -OCH3 is 1. The van der Waals surface area contributed by atoms with Crippen LogP contribution in [0.4, 0.5) is 4.79 Å². The van der Waals surface area contributed by atoms with Gasteiger partial charge in [0.2, 0.25) is 0 Å². The summed E-state index contributed by atoms with van der Waals surface area (Å²) in [5.41, 5.74) is -1.68. The summed E-state index contributed by atoms with van der Waals surface area (Å²) >= 11 is 0. The van der Waals surface area contributed by atoms with E-state index in [-0.39, 0.29) is 32.4 Å². The smallest absolute Gasteiger partial charge is 0.407 e. The van der Waals surface area contributed by atoms with Gasteiger partial charge < -0.3 is 25.2 Å². The molecule has 0 saturated carbocycles. The van der Waals surface area contributed by atoms with Gasteiger partial charge in [0.15, 0.2) is 0 Å². The number of likely N-dealkylation sites (tertiary alicyclic amines) is 1. The van der Waals surface area contributed by atoms with Crippen LogP contribution in [0.3, 0.4) is 0 Å². The molecule has 21 heavy (non-hydrogen) atoms. The highest BCUT2D eigenvalue weighted by atomic mass is 16.5. The zero-order valence-electron chi connectivity index (χ0n) is 11.9. The molecule has 1 aliphatic rings. The number of amides is 2. The van der Waals surface area contributed by atoms with Crippen molar-refractivity contribution in [2.45, 2.75) is 30.9 Å². The SMILES string of the molecule is C=CCC(NC(=O)C1(O)CCN(C(=O)O)CC1)C(=O)OC. The Balaban J connectivity index is 2.67. The first-order valence-electron chi connectivity index (χ1n) is 6.54. The van der Waals surface area contributed by atoms with Crippen molar-refractivity contribution in [1.82, 2.24) is 10.2 Å². The lowest BCUT2D eigenvalue weighted by atomic mass is 9.90. The lowest BCUT2D eigenvalue weighted by molar-refractivity contribution is -0.151. The van der Waals surface area contributed by atoms with E-state index in [9.17, 15) is 19.5 Å². The van der Waals surface area contributed by atoms with Crippen LogP contribution < -0.4 is 5.32 Å². The predicted octanol–water partition coefficient (Wildman–Crippen LogP) is -0.275. The quantitative estimate of drug-likeness (QED) is 0.475. The molecule has 1 heterocycles. The van der Waals surface area contributed by atoms with Crippen molar-refractivity contribution in [1.29, 1.82) is 0 Å². The summed E-state index contributed by atoms with van der Waals surface area (Å²) in [7, 11) is 1.20. The number of piperidine rings is 1. The Morgan fingerprint density at radius 3 is 2.43 bits per heavy atom. The summed E-state index contributed by atoms with van der Waals surface area (Å²) in [5.74, 6) is -1.33. The number of nitrogens with one attached hydrogen (secondary N) is 1. The van der Waals surface area contributed by atoms with E-state index in [0.717, 1.165) is 4.90 Å². The highest BCUT2D eigenvalue weighted by molar-refractivity contribution is 5.89. The molecule has 8 nitrogen and oxygen atoms in total. The Bertz CT molecular complexity index is 428. The molecule has 1 rings (SSSR count). The second-order valence-corrected chi connectivity index (χ2v) is 4.87. The number of rotatable bonds is 5. The molecule has 3 N–H and O–H groups in total. The topological polar surface area (TPSA) is 116 Å². The Hall–Kier alpha value is -2.09. The van der Waals surface area contributed by atoms with E-state index in [0.29, 0.717) is 0 Å². The van der Waals surface area contributed by atoms with Crippen molar-refractivity contribution in [2.75, 3.05) is 20.2 Å². The summed E-state index contributed by atoms with van der Waals surface area (Å²) in [6.07, 6.45) is 0.506. The van der Waals surface area contributed by atoms with E-state index in [1.165, 1.54) is 13.2 Å². The van der Waals surface area contributed by atoms with E-state index in [2.05, 4.69) is 16.6 Å². The van der Waals surface area contributed by atoms with Crippen LogP contribution in [0.25, 0.3) is 0 Å². The first-order chi connectivity index (χ1) is 9.84. The van der Waals surface area contributed by atoms with Gasteiger partial charge in [0.25, 0.3) is 5.91 Å². The van der Waals surface area contributed by atoms with Gasteiger partial charge in [0.1, 0.15) is 11.6 Å². The number of carboxylic acid groups (broad SMARTS) is 1. The van der Waals surface area contributed by atoms with E-state index in [1.807, 2.05) is 0 Å². The molecule has 1 unspecified atom stereocenters. The minimum Gasteiger partial charge on any atom is -0.467 e. The van der Waals surface area contributed by atoms with Crippen molar-refractivity contribution < 1.29 is 29.3 Å². The summed E-state index contributed by atoms with van der Waals surface area (Å²) in [6.45, 7) is 3.61. The maximum atomic E-state index is 12.1. The number of nitrogens with zero attached hydrogens (tertiary/aromatic N) is 1. The molecule has 0 spiro atoms. The maximum Gasteiger partial charge on any atom is 0.407 e. The van der Waals surface area contributed by atoms with E-state index < -0.39 is 29.6 Å². The van der Waals surface area contributed by atoms with Crippen LogP contribution in [-0.2, 0) is 14.3 Å². The highest BCUT2D eigenvalue weighted by Gasteiger charge is 2.41. The minimum atomic E-state index is -1.68. The second kappa shape index (κ2) is 7.07. The number of hydrogen-bond acceptors (Lipinski definition) is 5. The minimum absolute atomic E-state index is 0.0207. The fourth-order valence-electron chi connectivity index (χ4n) is 2.11.